The van der Waals surface area contributed by atoms with Crippen LogP contribution in [-0.2, 0) is 0 Å². The Bertz CT molecular complexity index is 412. The fourth-order valence-electron chi connectivity index (χ4n) is 1.27. The van der Waals surface area contributed by atoms with Crippen LogP contribution < -0.4 is 0 Å². The van der Waals surface area contributed by atoms with Crippen molar-refractivity contribution < 1.29 is 14.8 Å². The second-order valence-electron chi connectivity index (χ2n) is 2.97. The third kappa shape index (κ3) is 1.71. The third-order valence-corrected chi connectivity index (χ3v) is 1.85. The summed E-state index contributed by atoms with van der Waals surface area (Å²) in [5.74, 6) is -0.575. The van der Waals surface area contributed by atoms with Crippen LogP contribution in [0, 0.1) is 17.0 Å². The molecule has 1 aromatic carbocycles. The molecule has 0 bridgehead atoms. The summed E-state index contributed by atoms with van der Waals surface area (Å²) in [4.78, 5) is 21.1. The Hall–Kier alpha value is -1.91. The van der Waals surface area contributed by atoms with Gasteiger partial charge in [0.15, 0.2) is 5.78 Å². The second kappa shape index (κ2) is 3.45. The molecule has 74 valence electrons. The number of rotatable bonds is 2. The predicted molar refractivity (Wildman–Crippen MR) is 49.5 cm³/mol. The zero-order chi connectivity index (χ0) is 10.9. The minimum absolute atomic E-state index is 0.0625. The van der Waals surface area contributed by atoms with Gasteiger partial charge in [-0.2, -0.15) is 0 Å². The first kappa shape index (κ1) is 10.2. The molecule has 0 radical (unpaired) electrons. The van der Waals surface area contributed by atoms with Crippen molar-refractivity contribution in [1.29, 1.82) is 0 Å². The van der Waals surface area contributed by atoms with Crippen LogP contribution in [0.4, 0.5) is 5.69 Å². The molecule has 1 N–H and O–H groups in total. The number of carbonyl (C=O) groups is 1. The fraction of sp³-hybridized carbons (Fsp3) is 0.222. The highest BCUT2D eigenvalue weighted by atomic mass is 16.6. The summed E-state index contributed by atoms with van der Waals surface area (Å²) in [6.45, 7) is 2.70. The highest BCUT2D eigenvalue weighted by molar-refractivity contribution is 5.99. The molecule has 0 saturated carbocycles. The summed E-state index contributed by atoms with van der Waals surface area (Å²) in [5, 5.41) is 19.8. The van der Waals surface area contributed by atoms with Crippen molar-refractivity contribution in [3.63, 3.8) is 0 Å². The number of nitrogens with zero attached hydrogens (tertiary/aromatic N) is 1. The molecule has 5 heteroatoms. The summed E-state index contributed by atoms with van der Waals surface area (Å²) < 4.78 is 0. The topological polar surface area (TPSA) is 80.4 Å². The Morgan fingerprint density at radius 3 is 2.50 bits per heavy atom. The van der Waals surface area contributed by atoms with Gasteiger partial charge in [-0.25, -0.2) is 0 Å². The highest BCUT2D eigenvalue weighted by Crippen LogP contribution is 2.28. The van der Waals surface area contributed by atoms with Crippen LogP contribution in [0.5, 0.6) is 5.75 Å². The quantitative estimate of drug-likeness (QED) is 0.443. The van der Waals surface area contributed by atoms with Crippen molar-refractivity contribution in [2.45, 2.75) is 13.8 Å². The van der Waals surface area contributed by atoms with Gasteiger partial charge in [0.2, 0.25) is 0 Å². The van der Waals surface area contributed by atoms with Gasteiger partial charge in [-0.15, -0.1) is 0 Å². The van der Waals surface area contributed by atoms with Crippen molar-refractivity contribution in [3.8, 4) is 5.75 Å². The minimum Gasteiger partial charge on any atom is -0.508 e. The SMILES string of the molecule is CC(=O)c1cc(O)cc(C)c1[N+](=O)[O-]. The van der Waals surface area contributed by atoms with Crippen LogP contribution in [0.2, 0.25) is 0 Å². The molecule has 0 aliphatic rings. The number of nitro benzene ring substituents is 1. The number of carbonyl (C=O) groups excluding carboxylic acids is 1. The molecular formula is C9H9NO4. The third-order valence-electron chi connectivity index (χ3n) is 1.85. The van der Waals surface area contributed by atoms with E-state index in [1.54, 1.807) is 0 Å². The van der Waals surface area contributed by atoms with E-state index in [0.717, 1.165) is 6.07 Å². The Morgan fingerprint density at radius 2 is 2.07 bits per heavy atom. The number of phenols is 1. The van der Waals surface area contributed by atoms with E-state index < -0.39 is 10.7 Å². The van der Waals surface area contributed by atoms with Crippen molar-refractivity contribution in [2.75, 3.05) is 0 Å². The zero-order valence-corrected chi connectivity index (χ0v) is 7.77. The van der Waals surface area contributed by atoms with E-state index in [2.05, 4.69) is 0 Å². The lowest BCUT2D eigenvalue weighted by molar-refractivity contribution is -0.385. The van der Waals surface area contributed by atoms with Gasteiger partial charge >= 0.3 is 0 Å². The van der Waals surface area contributed by atoms with Gasteiger partial charge in [0.1, 0.15) is 5.75 Å². The Labute approximate surface area is 80.1 Å². The number of phenolic OH excluding ortho intramolecular Hbond substituents is 1. The predicted octanol–water partition coefficient (Wildman–Crippen LogP) is 1.81. The molecule has 0 atom stereocenters. The summed E-state index contributed by atoms with van der Waals surface area (Å²) >= 11 is 0. The van der Waals surface area contributed by atoms with Crippen LogP contribution in [0.3, 0.4) is 0 Å². The maximum atomic E-state index is 11.1. The van der Waals surface area contributed by atoms with Crippen molar-refractivity contribution in [2.24, 2.45) is 0 Å². The minimum atomic E-state index is -0.620. The molecule has 5 nitrogen and oxygen atoms in total. The number of aromatic hydroxyl groups is 1. The summed E-state index contributed by atoms with van der Waals surface area (Å²) in [5.41, 5.74) is -0.0250. The number of ketones is 1. The van der Waals surface area contributed by atoms with Crippen LogP contribution in [0.1, 0.15) is 22.8 Å². The maximum absolute atomic E-state index is 11.1. The number of hydrogen-bond acceptors (Lipinski definition) is 4. The fourth-order valence-corrected chi connectivity index (χ4v) is 1.27. The van der Waals surface area contributed by atoms with Gasteiger partial charge in [0, 0.05) is 5.56 Å². The molecule has 1 aromatic rings. The van der Waals surface area contributed by atoms with E-state index in [1.807, 2.05) is 0 Å². The van der Waals surface area contributed by atoms with E-state index >= 15 is 0 Å². The molecular weight excluding hydrogens is 186 g/mol. The summed E-state index contributed by atoms with van der Waals surface area (Å²) in [6, 6.07) is 2.36. The lowest BCUT2D eigenvalue weighted by Gasteiger charge is -2.02. The molecule has 0 fully saturated rings. The van der Waals surface area contributed by atoms with Gasteiger partial charge in [-0.3, -0.25) is 14.9 Å². The van der Waals surface area contributed by atoms with Crippen LogP contribution in [-0.4, -0.2) is 15.8 Å². The average molecular weight is 195 g/mol. The Morgan fingerprint density at radius 1 is 1.50 bits per heavy atom. The largest absolute Gasteiger partial charge is 0.508 e. The molecule has 0 unspecified atom stereocenters. The summed E-state index contributed by atoms with van der Waals surface area (Å²) in [7, 11) is 0. The molecule has 0 aromatic heterocycles. The number of benzene rings is 1. The Balaban J connectivity index is 3.52. The summed E-state index contributed by atoms with van der Waals surface area (Å²) in [6.07, 6.45) is 0. The van der Waals surface area contributed by atoms with Gasteiger partial charge in [0.05, 0.1) is 10.5 Å². The van der Waals surface area contributed by atoms with Crippen molar-refractivity contribution in [1.82, 2.24) is 0 Å². The van der Waals surface area contributed by atoms with Crippen LogP contribution >= 0.6 is 0 Å². The van der Waals surface area contributed by atoms with E-state index in [-0.39, 0.29) is 22.6 Å². The number of aryl methyl sites for hydroxylation is 1. The molecule has 0 saturated heterocycles. The molecule has 1 rings (SSSR count). The number of Topliss-reactive ketones (excluding diaryl/α,β-unsaturated/α-hetero) is 1. The van der Waals surface area contributed by atoms with E-state index in [0.29, 0.717) is 0 Å². The van der Waals surface area contributed by atoms with Crippen LogP contribution in [0.25, 0.3) is 0 Å². The van der Waals surface area contributed by atoms with E-state index in [1.165, 1.54) is 19.9 Å². The maximum Gasteiger partial charge on any atom is 0.283 e. The van der Waals surface area contributed by atoms with E-state index in [4.69, 9.17) is 0 Å². The molecule has 0 amide bonds. The molecule has 0 aliphatic carbocycles. The normalized spacial score (nSPS) is 9.86. The average Bonchev–Trinajstić information content (AvgIpc) is 2.01. The van der Waals surface area contributed by atoms with Crippen molar-refractivity contribution in [3.05, 3.63) is 33.4 Å². The molecule has 0 aliphatic heterocycles. The lowest BCUT2D eigenvalue weighted by Crippen LogP contribution is -2.02. The van der Waals surface area contributed by atoms with Gasteiger partial charge in [-0.1, -0.05) is 0 Å². The highest BCUT2D eigenvalue weighted by Gasteiger charge is 2.21. The second-order valence-corrected chi connectivity index (χ2v) is 2.97. The van der Waals surface area contributed by atoms with Crippen molar-refractivity contribution >= 4 is 11.5 Å². The number of nitro groups is 1. The first-order valence-corrected chi connectivity index (χ1v) is 3.92. The van der Waals surface area contributed by atoms with Gasteiger partial charge in [0.25, 0.3) is 5.69 Å². The van der Waals surface area contributed by atoms with Gasteiger partial charge < -0.3 is 5.11 Å². The first-order chi connectivity index (χ1) is 6.43. The van der Waals surface area contributed by atoms with E-state index in [9.17, 15) is 20.0 Å². The lowest BCUT2D eigenvalue weighted by atomic mass is 10.0. The first-order valence-electron chi connectivity index (χ1n) is 3.92. The monoisotopic (exact) mass is 195 g/mol. The molecule has 14 heavy (non-hydrogen) atoms. The molecule has 0 spiro atoms. The standard InChI is InChI=1S/C9H9NO4/c1-5-3-7(12)4-8(6(2)11)9(5)10(13)14/h3-4,12H,1-2H3. The number of hydrogen-bond donors (Lipinski definition) is 1. The van der Waals surface area contributed by atoms with Gasteiger partial charge in [-0.05, 0) is 26.0 Å². The zero-order valence-electron chi connectivity index (χ0n) is 7.77. The van der Waals surface area contributed by atoms with Crippen LogP contribution in [0.15, 0.2) is 12.1 Å². The smallest absolute Gasteiger partial charge is 0.283 e. The Kier molecular flexibility index (Phi) is 2.51. The molecule has 0 heterocycles.